The molecule has 2 aromatic rings. The van der Waals surface area contributed by atoms with Gasteiger partial charge in [-0.3, -0.25) is 10.1 Å². The molecule has 1 saturated heterocycles. The number of halogens is 1. The maximum absolute atomic E-state index is 11.1. The summed E-state index contributed by atoms with van der Waals surface area (Å²) in [5.74, 6) is 0.651. The molecule has 0 aliphatic carbocycles. The van der Waals surface area contributed by atoms with Crippen molar-refractivity contribution in [1.82, 2.24) is 9.97 Å². The fourth-order valence-corrected chi connectivity index (χ4v) is 2.79. The minimum Gasteiger partial charge on any atom is -0.350 e. The Morgan fingerprint density at radius 3 is 2.81 bits per heavy atom. The number of hydrogen-bond acceptors (Lipinski definition) is 5. The summed E-state index contributed by atoms with van der Waals surface area (Å²) in [6.07, 6.45) is 2.10. The lowest BCUT2D eigenvalue weighted by molar-refractivity contribution is -0.384. The number of nitro groups is 1. The number of anilines is 1. The van der Waals surface area contributed by atoms with Gasteiger partial charge >= 0.3 is 5.69 Å². The highest BCUT2D eigenvalue weighted by Crippen LogP contribution is 2.34. The second kappa shape index (κ2) is 5.65. The summed E-state index contributed by atoms with van der Waals surface area (Å²) in [4.78, 5) is 20.3. The monoisotopic (exact) mass is 304 g/mol. The average molecular weight is 305 g/mol. The summed E-state index contributed by atoms with van der Waals surface area (Å²) < 4.78 is 0. The molecular weight excluding hydrogens is 292 g/mol. The van der Waals surface area contributed by atoms with E-state index in [1.807, 2.05) is 23.1 Å². The van der Waals surface area contributed by atoms with E-state index in [4.69, 9.17) is 11.6 Å². The van der Waals surface area contributed by atoms with Crippen LogP contribution in [0.2, 0.25) is 5.28 Å². The molecular formula is C14H13ClN4O2. The van der Waals surface area contributed by atoms with Crippen LogP contribution in [0.5, 0.6) is 0 Å². The molecule has 0 radical (unpaired) electrons. The highest BCUT2D eigenvalue weighted by molar-refractivity contribution is 6.28. The molecule has 7 heteroatoms. The Bertz CT molecular complexity index is 665. The van der Waals surface area contributed by atoms with Gasteiger partial charge in [-0.1, -0.05) is 30.3 Å². The Hall–Kier alpha value is -2.21. The van der Waals surface area contributed by atoms with Gasteiger partial charge in [-0.25, -0.2) is 4.98 Å². The standard InChI is InChI=1S/C14H13ClN4O2/c15-14-16-8-12(19(20)21)13(17-14)18-7-6-11(9-18)10-4-2-1-3-5-10/h1-5,8,11H,6-7,9H2. The lowest BCUT2D eigenvalue weighted by Crippen LogP contribution is -2.22. The van der Waals surface area contributed by atoms with Crippen LogP contribution in [0, 0.1) is 10.1 Å². The molecule has 21 heavy (non-hydrogen) atoms. The predicted octanol–water partition coefficient (Wildman–Crippen LogP) is 3.03. The van der Waals surface area contributed by atoms with Crippen LogP contribution in [0.4, 0.5) is 11.5 Å². The highest BCUT2D eigenvalue weighted by atomic mass is 35.5. The second-order valence-corrected chi connectivity index (χ2v) is 5.29. The van der Waals surface area contributed by atoms with Crippen LogP contribution in [-0.4, -0.2) is 28.0 Å². The predicted molar refractivity (Wildman–Crippen MR) is 79.7 cm³/mol. The molecule has 1 unspecified atom stereocenters. The number of hydrogen-bond donors (Lipinski definition) is 0. The molecule has 108 valence electrons. The molecule has 6 nitrogen and oxygen atoms in total. The van der Waals surface area contributed by atoms with E-state index in [1.54, 1.807) is 0 Å². The molecule has 1 aromatic carbocycles. The van der Waals surface area contributed by atoms with E-state index >= 15 is 0 Å². The summed E-state index contributed by atoms with van der Waals surface area (Å²) in [5, 5.41) is 11.1. The normalized spacial score (nSPS) is 18.0. The third-order valence-corrected chi connectivity index (χ3v) is 3.86. The van der Waals surface area contributed by atoms with E-state index < -0.39 is 4.92 Å². The Kier molecular flexibility index (Phi) is 3.70. The minimum atomic E-state index is -0.471. The molecule has 1 fully saturated rings. The molecule has 2 heterocycles. The van der Waals surface area contributed by atoms with Gasteiger partial charge in [-0.05, 0) is 23.6 Å². The largest absolute Gasteiger partial charge is 0.350 e. The van der Waals surface area contributed by atoms with Crippen LogP contribution in [0.25, 0.3) is 0 Å². The van der Waals surface area contributed by atoms with Crippen LogP contribution in [0.1, 0.15) is 17.9 Å². The smallest absolute Gasteiger partial charge is 0.329 e. The number of aromatic nitrogens is 2. The zero-order valence-electron chi connectivity index (χ0n) is 11.1. The van der Waals surface area contributed by atoms with Gasteiger partial charge in [0.15, 0.2) is 0 Å². The zero-order chi connectivity index (χ0) is 14.8. The van der Waals surface area contributed by atoms with Crippen molar-refractivity contribution in [2.75, 3.05) is 18.0 Å². The highest BCUT2D eigenvalue weighted by Gasteiger charge is 2.30. The SMILES string of the molecule is O=[N+]([O-])c1cnc(Cl)nc1N1CCC(c2ccccc2)C1. The molecule has 0 amide bonds. The first kappa shape index (κ1) is 13.8. The van der Waals surface area contributed by atoms with Crippen LogP contribution >= 0.6 is 11.6 Å². The van der Waals surface area contributed by atoms with Gasteiger partial charge in [0.1, 0.15) is 6.20 Å². The van der Waals surface area contributed by atoms with Crippen molar-refractivity contribution in [1.29, 1.82) is 0 Å². The molecule has 0 bridgehead atoms. The lowest BCUT2D eigenvalue weighted by atomic mass is 9.99. The zero-order valence-corrected chi connectivity index (χ0v) is 11.9. The fourth-order valence-electron chi connectivity index (χ4n) is 2.66. The molecule has 1 aliphatic heterocycles. The Balaban J connectivity index is 1.86. The topological polar surface area (TPSA) is 72.2 Å². The summed E-state index contributed by atoms with van der Waals surface area (Å²) >= 11 is 5.78. The van der Waals surface area contributed by atoms with Gasteiger partial charge in [0.25, 0.3) is 0 Å². The first-order chi connectivity index (χ1) is 10.1. The molecule has 1 aliphatic rings. The maximum Gasteiger partial charge on any atom is 0.329 e. The van der Waals surface area contributed by atoms with E-state index in [0.29, 0.717) is 24.8 Å². The van der Waals surface area contributed by atoms with Gasteiger partial charge in [-0.2, -0.15) is 4.98 Å². The molecule has 0 spiro atoms. The van der Waals surface area contributed by atoms with Crippen molar-refractivity contribution in [3.05, 3.63) is 57.5 Å². The van der Waals surface area contributed by atoms with Crippen molar-refractivity contribution < 1.29 is 4.92 Å². The van der Waals surface area contributed by atoms with Crippen molar-refractivity contribution >= 4 is 23.1 Å². The van der Waals surface area contributed by atoms with Gasteiger partial charge < -0.3 is 4.90 Å². The van der Waals surface area contributed by atoms with E-state index in [9.17, 15) is 10.1 Å². The Labute approximate surface area is 126 Å². The third-order valence-electron chi connectivity index (χ3n) is 3.68. The second-order valence-electron chi connectivity index (χ2n) is 4.95. The fraction of sp³-hybridized carbons (Fsp3) is 0.286. The summed E-state index contributed by atoms with van der Waals surface area (Å²) in [5.41, 5.74) is 1.14. The van der Waals surface area contributed by atoms with Crippen molar-refractivity contribution in [2.45, 2.75) is 12.3 Å². The molecule has 1 atom stereocenters. The van der Waals surface area contributed by atoms with E-state index in [2.05, 4.69) is 22.1 Å². The van der Waals surface area contributed by atoms with Gasteiger partial charge in [-0.15, -0.1) is 0 Å². The number of rotatable bonds is 3. The molecule has 1 aromatic heterocycles. The third kappa shape index (κ3) is 2.80. The van der Waals surface area contributed by atoms with E-state index in [0.717, 1.165) is 6.42 Å². The van der Waals surface area contributed by atoms with Gasteiger partial charge in [0, 0.05) is 19.0 Å². The lowest BCUT2D eigenvalue weighted by Gasteiger charge is -2.17. The van der Waals surface area contributed by atoms with Crippen LogP contribution < -0.4 is 4.90 Å². The first-order valence-electron chi connectivity index (χ1n) is 6.62. The minimum absolute atomic E-state index is 0.0266. The average Bonchev–Trinajstić information content (AvgIpc) is 2.97. The van der Waals surface area contributed by atoms with Crippen molar-refractivity contribution in [3.63, 3.8) is 0 Å². The quantitative estimate of drug-likeness (QED) is 0.495. The number of benzene rings is 1. The van der Waals surface area contributed by atoms with Crippen molar-refractivity contribution in [2.24, 2.45) is 0 Å². The van der Waals surface area contributed by atoms with Crippen LogP contribution in [0.3, 0.4) is 0 Å². The van der Waals surface area contributed by atoms with Crippen LogP contribution in [0.15, 0.2) is 36.5 Å². The Morgan fingerprint density at radius 2 is 2.10 bits per heavy atom. The molecule has 0 N–H and O–H groups in total. The van der Waals surface area contributed by atoms with Crippen molar-refractivity contribution in [3.8, 4) is 0 Å². The Morgan fingerprint density at radius 1 is 1.33 bits per heavy atom. The summed E-state index contributed by atoms with van der Waals surface area (Å²) in [7, 11) is 0. The van der Waals surface area contributed by atoms with E-state index in [1.165, 1.54) is 11.8 Å². The number of nitrogens with zero attached hydrogens (tertiary/aromatic N) is 4. The summed E-state index contributed by atoms with van der Waals surface area (Å²) in [6, 6.07) is 10.1. The van der Waals surface area contributed by atoms with Gasteiger partial charge in [0.2, 0.25) is 11.1 Å². The summed E-state index contributed by atoms with van der Waals surface area (Å²) in [6.45, 7) is 1.41. The first-order valence-corrected chi connectivity index (χ1v) is 7.00. The van der Waals surface area contributed by atoms with Crippen LogP contribution in [-0.2, 0) is 0 Å². The molecule has 3 rings (SSSR count). The van der Waals surface area contributed by atoms with Gasteiger partial charge in [0.05, 0.1) is 4.92 Å². The maximum atomic E-state index is 11.1. The van der Waals surface area contributed by atoms with E-state index in [-0.39, 0.29) is 11.0 Å². The molecule has 0 saturated carbocycles.